The standard InChI is InChI=1S/C24H24N2O2/c1-18(20-10-6-3-7-11-20)28-24(27)25-22-12-13-23-21(16-22)14-15-26(23)17-19-8-4-2-5-9-19/h2-13,16,18H,14-15,17H2,1H3,(H,25,27)/t18-/m0/s1. The van der Waals surface area contributed by atoms with Crippen molar-refractivity contribution in [3.63, 3.8) is 0 Å². The van der Waals surface area contributed by atoms with Gasteiger partial charge in [-0.2, -0.15) is 0 Å². The van der Waals surface area contributed by atoms with E-state index >= 15 is 0 Å². The lowest BCUT2D eigenvalue weighted by molar-refractivity contribution is 0.121. The number of benzene rings is 3. The number of carbonyl (C=O) groups excluding carboxylic acids is 1. The number of fused-ring (bicyclic) bond motifs is 1. The average Bonchev–Trinajstić information content (AvgIpc) is 3.11. The van der Waals surface area contributed by atoms with E-state index in [-0.39, 0.29) is 6.10 Å². The lowest BCUT2D eigenvalue weighted by atomic mass is 10.1. The molecule has 0 radical (unpaired) electrons. The number of rotatable bonds is 5. The van der Waals surface area contributed by atoms with Crippen LogP contribution in [0.5, 0.6) is 0 Å². The fourth-order valence-electron chi connectivity index (χ4n) is 3.62. The molecule has 0 aliphatic carbocycles. The molecule has 3 aromatic carbocycles. The number of anilines is 2. The number of ether oxygens (including phenoxy) is 1. The summed E-state index contributed by atoms with van der Waals surface area (Å²) in [6.07, 6.45) is 0.250. The summed E-state index contributed by atoms with van der Waals surface area (Å²) in [6.45, 7) is 3.76. The quantitative estimate of drug-likeness (QED) is 0.637. The smallest absolute Gasteiger partial charge is 0.412 e. The van der Waals surface area contributed by atoms with Crippen molar-refractivity contribution in [3.8, 4) is 0 Å². The Balaban J connectivity index is 1.39. The SMILES string of the molecule is C[C@H](OC(=O)Nc1ccc2c(c1)CCN2Cc1ccccc1)c1ccccc1. The first-order valence-electron chi connectivity index (χ1n) is 9.63. The van der Waals surface area contributed by atoms with Crippen LogP contribution < -0.4 is 10.2 Å². The summed E-state index contributed by atoms with van der Waals surface area (Å²) in [7, 11) is 0. The van der Waals surface area contributed by atoms with E-state index in [2.05, 4.69) is 46.6 Å². The summed E-state index contributed by atoms with van der Waals surface area (Å²) in [5, 5.41) is 2.86. The van der Waals surface area contributed by atoms with Crippen molar-refractivity contribution in [1.29, 1.82) is 0 Å². The van der Waals surface area contributed by atoms with Gasteiger partial charge in [0.1, 0.15) is 6.10 Å². The summed E-state index contributed by atoms with van der Waals surface area (Å²) in [4.78, 5) is 14.6. The molecule has 0 saturated carbocycles. The van der Waals surface area contributed by atoms with E-state index in [1.165, 1.54) is 16.8 Å². The third-order valence-corrected chi connectivity index (χ3v) is 5.09. The maximum Gasteiger partial charge on any atom is 0.412 e. The molecule has 4 nitrogen and oxygen atoms in total. The van der Waals surface area contributed by atoms with E-state index in [9.17, 15) is 4.79 Å². The van der Waals surface area contributed by atoms with Gasteiger partial charge in [0.25, 0.3) is 0 Å². The predicted octanol–water partition coefficient (Wildman–Crippen LogP) is 5.56. The minimum Gasteiger partial charge on any atom is -0.441 e. The van der Waals surface area contributed by atoms with Crippen LogP contribution in [-0.2, 0) is 17.7 Å². The largest absolute Gasteiger partial charge is 0.441 e. The maximum absolute atomic E-state index is 12.3. The Bertz CT molecular complexity index is 941. The number of amides is 1. The van der Waals surface area contributed by atoms with Crippen LogP contribution >= 0.6 is 0 Å². The van der Waals surface area contributed by atoms with Gasteiger partial charge in [0.2, 0.25) is 0 Å². The molecule has 1 heterocycles. The van der Waals surface area contributed by atoms with E-state index in [1.807, 2.05) is 49.4 Å². The Morgan fingerprint density at radius 3 is 2.50 bits per heavy atom. The van der Waals surface area contributed by atoms with Crippen LogP contribution in [0.4, 0.5) is 16.2 Å². The molecule has 0 fully saturated rings. The van der Waals surface area contributed by atoms with Gasteiger partial charge < -0.3 is 9.64 Å². The third kappa shape index (κ3) is 4.17. The van der Waals surface area contributed by atoms with Crippen molar-refractivity contribution in [2.75, 3.05) is 16.8 Å². The van der Waals surface area contributed by atoms with Crippen molar-refractivity contribution in [2.45, 2.75) is 26.0 Å². The van der Waals surface area contributed by atoms with Gasteiger partial charge in [-0.05, 0) is 48.2 Å². The van der Waals surface area contributed by atoms with Gasteiger partial charge in [-0.3, -0.25) is 5.32 Å². The molecule has 0 aromatic heterocycles. The molecule has 1 aliphatic rings. The zero-order valence-corrected chi connectivity index (χ0v) is 16.0. The molecule has 0 unspecified atom stereocenters. The highest BCUT2D eigenvalue weighted by Gasteiger charge is 2.20. The van der Waals surface area contributed by atoms with Crippen molar-refractivity contribution >= 4 is 17.5 Å². The fourth-order valence-corrected chi connectivity index (χ4v) is 3.62. The number of hydrogen-bond donors (Lipinski definition) is 1. The topological polar surface area (TPSA) is 41.6 Å². The first-order chi connectivity index (χ1) is 13.7. The van der Waals surface area contributed by atoms with Crippen LogP contribution in [0.3, 0.4) is 0 Å². The van der Waals surface area contributed by atoms with Crippen molar-refractivity contribution < 1.29 is 9.53 Å². The van der Waals surface area contributed by atoms with E-state index < -0.39 is 6.09 Å². The summed E-state index contributed by atoms with van der Waals surface area (Å²) < 4.78 is 5.50. The second-order valence-electron chi connectivity index (χ2n) is 7.08. The summed E-state index contributed by atoms with van der Waals surface area (Å²) in [6, 6.07) is 26.3. The molecule has 0 bridgehead atoms. The first kappa shape index (κ1) is 18.1. The molecular weight excluding hydrogens is 348 g/mol. The van der Waals surface area contributed by atoms with Crippen LogP contribution in [-0.4, -0.2) is 12.6 Å². The monoisotopic (exact) mass is 372 g/mol. The van der Waals surface area contributed by atoms with E-state index in [0.717, 1.165) is 30.8 Å². The zero-order valence-electron chi connectivity index (χ0n) is 16.0. The highest BCUT2D eigenvalue weighted by molar-refractivity contribution is 5.85. The molecule has 1 atom stereocenters. The number of hydrogen-bond acceptors (Lipinski definition) is 3. The predicted molar refractivity (Wildman–Crippen MR) is 113 cm³/mol. The fraction of sp³-hybridized carbons (Fsp3) is 0.208. The van der Waals surface area contributed by atoms with Gasteiger partial charge in [-0.15, -0.1) is 0 Å². The van der Waals surface area contributed by atoms with Gasteiger partial charge >= 0.3 is 6.09 Å². The number of carbonyl (C=O) groups is 1. The first-order valence-corrected chi connectivity index (χ1v) is 9.63. The van der Waals surface area contributed by atoms with E-state index in [1.54, 1.807) is 0 Å². The average molecular weight is 372 g/mol. The molecule has 142 valence electrons. The Morgan fingerprint density at radius 1 is 1.04 bits per heavy atom. The van der Waals surface area contributed by atoms with Crippen molar-refractivity contribution in [3.05, 3.63) is 95.6 Å². The van der Waals surface area contributed by atoms with Crippen molar-refractivity contribution in [1.82, 2.24) is 0 Å². The minimum atomic E-state index is -0.435. The molecule has 0 saturated heterocycles. The third-order valence-electron chi connectivity index (χ3n) is 5.09. The zero-order chi connectivity index (χ0) is 19.3. The molecule has 1 aliphatic heterocycles. The highest BCUT2D eigenvalue weighted by Crippen LogP contribution is 2.31. The summed E-state index contributed by atoms with van der Waals surface area (Å²) >= 11 is 0. The Morgan fingerprint density at radius 2 is 1.75 bits per heavy atom. The van der Waals surface area contributed by atoms with Gasteiger partial charge in [-0.1, -0.05) is 60.7 Å². The molecule has 3 aromatic rings. The maximum atomic E-state index is 12.3. The normalized spacial score (nSPS) is 13.7. The number of nitrogens with one attached hydrogen (secondary N) is 1. The molecular formula is C24H24N2O2. The highest BCUT2D eigenvalue weighted by atomic mass is 16.6. The summed E-state index contributed by atoms with van der Waals surface area (Å²) in [5.74, 6) is 0. The number of nitrogens with zero attached hydrogens (tertiary/aromatic N) is 1. The minimum absolute atomic E-state index is 0.294. The van der Waals surface area contributed by atoms with Gasteiger partial charge in [0, 0.05) is 24.5 Å². The van der Waals surface area contributed by atoms with Gasteiger partial charge in [-0.25, -0.2) is 4.79 Å². The van der Waals surface area contributed by atoms with Gasteiger partial charge in [0.15, 0.2) is 0 Å². The lowest BCUT2D eigenvalue weighted by Gasteiger charge is -2.20. The van der Waals surface area contributed by atoms with Crippen molar-refractivity contribution in [2.24, 2.45) is 0 Å². The molecule has 1 amide bonds. The summed E-state index contributed by atoms with van der Waals surface area (Å²) in [5.41, 5.74) is 5.54. The second kappa shape index (κ2) is 8.17. The van der Waals surface area contributed by atoms with E-state index in [0.29, 0.717) is 0 Å². The molecule has 4 rings (SSSR count). The molecule has 4 heteroatoms. The van der Waals surface area contributed by atoms with Crippen LogP contribution in [0.25, 0.3) is 0 Å². The Labute approximate surface area is 165 Å². The van der Waals surface area contributed by atoms with Crippen LogP contribution in [0.1, 0.15) is 29.7 Å². The van der Waals surface area contributed by atoms with Crippen LogP contribution in [0.2, 0.25) is 0 Å². The lowest BCUT2D eigenvalue weighted by Crippen LogP contribution is -2.19. The Kier molecular flexibility index (Phi) is 5.29. The molecule has 1 N–H and O–H groups in total. The molecule has 28 heavy (non-hydrogen) atoms. The van der Waals surface area contributed by atoms with E-state index in [4.69, 9.17) is 4.74 Å². The van der Waals surface area contributed by atoms with Gasteiger partial charge in [0.05, 0.1) is 0 Å². The van der Waals surface area contributed by atoms with Crippen LogP contribution in [0.15, 0.2) is 78.9 Å². The Hall–Kier alpha value is -3.27. The second-order valence-corrected chi connectivity index (χ2v) is 7.08. The molecule has 0 spiro atoms. The van der Waals surface area contributed by atoms with Crippen LogP contribution in [0, 0.1) is 0 Å².